The van der Waals surface area contributed by atoms with Gasteiger partial charge in [-0.15, -0.1) is 0 Å². The molecule has 3 aromatic carbocycles. The van der Waals surface area contributed by atoms with E-state index in [1.54, 1.807) is 24.4 Å². The molecule has 158 valence electrons. The highest BCUT2D eigenvalue weighted by molar-refractivity contribution is 7.89. The Hall–Kier alpha value is -3.07. The van der Waals surface area contributed by atoms with Gasteiger partial charge in [-0.2, -0.15) is 9.40 Å². The van der Waals surface area contributed by atoms with Crippen molar-refractivity contribution in [2.45, 2.75) is 11.6 Å². The highest BCUT2D eigenvalue weighted by Gasteiger charge is 2.28. The van der Waals surface area contributed by atoms with Crippen LogP contribution in [-0.4, -0.2) is 53.6 Å². The Morgan fingerprint density at radius 2 is 1.48 bits per heavy atom. The fourth-order valence-electron chi connectivity index (χ4n) is 4.01. The minimum atomic E-state index is -3.56. The first kappa shape index (κ1) is 19.9. The van der Waals surface area contributed by atoms with E-state index in [2.05, 4.69) is 10.00 Å². The Kier molecular flexibility index (Phi) is 5.05. The minimum absolute atomic E-state index is 0.135. The number of nitrogens with zero attached hydrogens (tertiary/aromatic N) is 4. The second kappa shape index (κ2) is 7.88. The molecule has 0 saturated carbocycles. The summed E-state index contributed by atoms with van der Waals surface area (Å²) in [4.78, 5) is 15.0. The fourth-order valence-corrected chi connectivity index (χ4v) is 5.46. The molecule has 5 rings (SSSR count). The van der Waals surface area contributed by atoms with Gasteiger partial charge in [-0.25, -0.2) is 13.1 Å². The number of piperazine rings is 1. The maximum atomic E-state index is 13.1. The molecule has 0 radical (unpaired) electrons. The van der Waals surface area contributed by atoms with E-state index in [0.29, 0.717) is 43.1 Å². The normalized spacial score (nSPS) is 16.1. The van der Waals surface area contributed by atoms with E-state index in [1.807, 2.05) is 48.5 Å². The molecule has 0 bridgehead atoms. The molecule has 0 unspecified atom stereocenters. The van der Waals surface area contributed by atoms with Crippen LogP contribution in [0.15, 0.2) is 82.6 Å². The lowest BCUT2D eigenvalue weighted by molar-refractivity contribution is 0.143. The molecule has 8 heteroatoms. The third-order valence-corrected chi connectivity index (χ3v) is 7.68. The fraction of sp³-hybridized carbons (Fsp3) is 0.217. The van der Waals surface area contributed by atoms with Crippen LogP contribution in [0.25, 0.3) is 21.5 Å². The summed E-state index contributed by atoms with van der Waals surface area (Å²) < 4.78 is 29.2. The van der Waals surface area contributed by atoms with E-state index in [4.69, 9.17) is 0 Å². The lowest BCUT2D eigenvalue weighted by Gasteiger charge is -2.33. The van der Waals surface area contributed by atoms with Crippen LogP contribution in [0.4, 0.5) is 0 Å². The molecule has 2 heterocycles. The topological polar surface area (TPSA) is 75.5 Å². The molecule has 1 saturated heterocycles. The summed E-state index contributed by atoms with van der Waals surface area (Å²) in [5.41, 5.74) is -0.135. The average molecular weight is 435 g/mol. The number of hydrogen-bond donors (Lipinski definition) is 0. The number of sulfonamides is 1. The molecule has 1 aromatic heterocycles. The number of rotatable bonds is 4. The van der Waals surface area contributed by atoms with Crippen molar-refractivity contribution >= 4 is 31.6 Å². The van der Waals surface area contributed by atoms with Crippen molar-refractivity contribution in [2.75, 3.05) is 26.2 Å². The molecule has 0 aliphatic carbocycles. The van der Waals surface area contributed by atoms with Gasteiger partial charge in [0.25, 0.3) is 5.56 Å². The van der Waals surface area contributed by atoms with Crippen molar-refractivity contribution in [3.8, 4) is 0 Å². The van der Waals surface area contributed by atoms with Crippen LogP contribution in [0.1, 0.15) is 0 Å². The van der Waals surface area contributed by atoms with Gasteiger partial charge >= 0.3 is 0 Å². The third kappa shape index (κ3) is 3.74. The van der Waals surface area contributed by atoms with Crippen LogP contribution in [0.3, 0.4) is 0 Å². The van der Waals surface area contributed by atoms with Crippen LogP contribution in [0.2, 0.25) is 0 Å². The lowest BCUT2D eigenvalue weighted by Crippen LogP contribution is -2.49. The number of hydrogen-bond acceptors (Lipinski definition) is 5. The van der Waals surface area contributed by atoms with Gasteiger partial charge in [0, 0.05) is 31.6 Å². The first-order valence-corrected chi connectivity index (χ1v) is 11.6. The van der Waals surface area contributed by atoms with Gasteiger partial charge in [0.05, 0.1) is 23.1 Å². The van der Waals surface area contributed by atoms with Crippen LogP contribution in [0.5, 0.6) is 0 Å². The zero-order valence-electron chi connectivity index (χ0n) is 16.9. The average Bonchev–Trinajstić information content (AvgIpc) is 2.81. The Bertz CT molecular complexity index is 1420. The zero-order chi connectivity index (χ0) is 21.4. The number of benzene rings is 3. The van der Waals surface area contributed by atoms with Gasteiger partial charge in [0.2, 0.25) is 10.0 Å². The predicted octanol–water partition coefficient (Wildman–Crippen LogP) is 2.51. The largest absolute Gasteiger partial charge is 0.282 e. The van der Waals surface area contributed by atoms with Crippen molar-refractivity contribution in [2.24, 2.45) is 0 Å². The molecule has 31 heavy (non-hydrogen) atoms. The second-order valence-electron chi connectivity index (χ2n) is 7.71. The molecule has 0 amide bonds. The Morgan fingerprint density at radius 3 is 2.26 bits per heavy atom. The summed E-state index contributed by atoms with van der Waals surface area (Å²) >= 11 is 0. The van der Waals surface area contributed by atoms with Crippen LogP contribution < -0.4 is 5.56 Å². The molecule has 7 nitrogen and oxygen atoms in total. The molecule has 0 spiro atoms. The molecule has 1 aliphatic rings. The van der Waals surface area contributed by atoms with E-state index in [0.717, 1.165) is 16.2 Å². The van der Waals surface area contributed by atoms with Crippen molar-refractivity contribution in [1.82, 2.24) is 19.0 Å². The summed E-state index contributed by atoms with van der Waals surface area (Å²) in [5, 5.41) is 7.64. The third-order valence-electron chi connectivity index (χ3n) is 5.79. The molecule has 1 fully saturated rings. The second-order valence-corrected chi connectivity index (χ2v) is 9.65. The van der Waals surface area contributed by atoms with Crippen LogP contribution in [0, 0.1) is 0 Å². The van der Waals surface area contributed by atoms with Crippen molar-refractivity contribution < 1.29 is 8.42 Å². The Balaban J connectivity index is 1.30. The standard InChI is InChI=1S/C23H22N4O3S/c28-23-22-8-4-3-7-20(22)16-24-27(23)17-25-11-13-26(14-12-25)31(29,30)21-10-9-18-5-1-2-6-19(18)15-21/h1-10,15-16H,11-14,17H2. The smallest absolute Gasteiger partial charge is 0.275 e. The Morgan fingerprint density at radius 1 is 0.806 bits per heavy atom. The van der Waals surface area contributed by atoms with E-state index in [-0.39, 0.29) is 5.56 Å². The predicted molar refractivity (Wildman–Crippen MR) is 120 cm³/mol. The minimum Gasteiger partial charge on any atom is -0.282 e. The maximum absolute atomic E-state index is 13.1. The van der Waals surface area contributed by atoms with Crippen molar-refractivity contribution in [1.29, 1.82) is 0 Å². The summed E-state index contributed by atoms with van der Waals surface area (Å²) in [6.07, 6.45) is 1.69. The summed E-state index contributed by atoms with van der Waals surface area (Å²) in [5.74, 6) is 0. The molecule has 4 aromatic rings. The van der Waals surface area contributed by atoms with Crippen LogP contribution >= 0.6 is 0 Å². The van der Waals surface area contributed by atoms with Crippen LogP contribution in [-0.2, 0) is 16.7 Å². The van der Waals surface area contributed by atoms with Gasteiger partial charge in [0.15, 0.2) is 0 Å². The van der Waals surface area contributed by atoms with E-state index < -0.39 is 10.0 Å². The molecule has 1 aliphatic heterocycles. The van der Waals surface area contributed by atoms with Crippen molar-refractivity contribution in [3.05, 3.63) is 83.3 Å². The quantitative estimate of drug-likeness (QED) is 0.493. The summed E-state index contributed by atoms with van der Waals surface area (Å²) in [7, 11) is -3.56. The van der Waals surface area contributed by atoms with Gasteiger partial charge in [-0.1, -0.05) is 48.5 Å². The molecule has 0 N–H and O–H groups in total. The van der Waals surface area contributed by atoms with E-state index in [1.165, 1.54) is 8.99 Å². The van der Waals surface area contributed by atoms with Gasteiger partial charge in [0.1, 0.15) is 0 Å². The maximum Gasteiger partial charge on any atom is 0.275 e. The highest BCUT2D eigenvalue weighted by atomic mass is 32.2. The number of aromatic nitrogens is 2. The highest BCUT2D eigenvalue weighted by Crippen LogP contribution is 2.23. The van der Waals surface area contributed by atoms with Gasteiger partial charge in [-0.05, 0) is 29.0 Å². The molecular formula is C23H22N4O3S. The summed E-state index contributed by atoms with van der Waals surface area (Å²) in [6.45, 7) is 2.16. The Labute approximate surface area is 180 Å². The first-order chi connectivity index (χ1) is 15.0. The van der Waals surface area contributed by atoms with Gasteiger partial charge in [-0.3, -0.25) is 9.69 Å². The molecule has 0 atom stereocenters. The number of fused-ring (bicyclic) bond motifs is 2. The van der Waals surface area contributed by atoms with Crippen molar-refractivity contribution in [3.63, 3.8) is 0 Å². The van der Waals surface area contributed by atoms with E-state index in [9.17, 15) is 13.2 Å². The summed E-state index contributed by atoms with van der Waals surface area (Å²) in [6, 6.07) is 20.3. The SMILES string of the molecule is O=c1c2ccccc2cnn1CN1CCN(S(=O)(=O)c2ccc3ccccc3c2)CC1. The zero-order valence-corrected chi connectivity index (χ0v) is 17.7. The van der Waals surface area contributed by atoms with Gasteiger partial charge < -0.3 is 0 Å². The lowest BCUT2D eigenvalue weighted by atomic mass is 10.1. The first-order valence-electron chi connectivity index (χ1n) is 10.2. The molecular weight excluding hydrogens is 412 g/mol. The van der Waals surface area contributed by atoms with E-state index >= 15 is 0 Å². The monoisotopic (exact) mass is 434 g/mol.